The number of nitriles is 1. The fourth-order valence-electron chi connectivity index (χ4n) is 3.26. The van der Waals surface area contributed by atoms with Crippen molar-refractivity contribution in [2.75, 3.05) is 7.11 Å². The van der Waals surface area contributed by atoms with Crippen LogP contribution in [0.1, 0.15) is 12.0 Å². The molecule has 0 N–H and O–H groups in total. The van der Waals surface area contributed by atoms with E-state index in [0.29, 0.717) is 26.4 Å². The molecule has 172 valence electrons. The van der Waals surface area contributed by atoms with Gasteiger partial charge in [-0.15, -0.1) is 11.3 Å². The van der Waals surface area contributed by atoms with Crippen LogP contribution in [0.25, 0.3) is 26.9 Å². The average Bonchev–Trinajstić information content (AvgIpc) is 3.45. The fourth-order valence-corrected chi connectivity index (χ4v) is 4.64. The topological polar surface area (TPSA) is 120 Å². The zero-order valence-electron chi connectivity index (χ0n) is 18.2. The quantitative estimate of drug-likeness (QED) is 0.287. The highest BCUT2D eigenvalue weighted by Gasteiger charge is 2.18. The van der Waals surface area contributed by atoms with Gasteiger partial charge in [-0.2, -0.15) is 10.4 Å². The molecule has 0 amide bonds. The molecular weight excluding hydrogens is 478 g/mol. The summed E-state index contributed by atoms with van der Waals surface area (Å²) >= 11 is 7.47. The largest absolute Gasteiger partial charge is 0.495 e. The van der Waals surface area contributed by atoms with Gasteiger partial charge in [0.1, 0.15) is 15.6 Å². The summed E-state index contributed by atoms with van der Waals surface area (Å²) < 4.78 is 9.58. The smallest absolute Gasteiger partial charge is 0.335 e. The molecule has 4 heterocycles. The van der Waals surface area contributed by atoms with Crippen molar-refractivity contribution >= 4 is 45.6 Å². The Morgan fingerprint density at radius 1 is 1.32 bits per heavy atom. The molecule has 0 radical (unpaired) electrons. The number of halogens is 1. The molecule has 10 nitrogen and oxygen atoms in total. The molecule has 4 rings (SSSR count). The van der Waals surface area contributed by atoms with E-state index in [0.717, 1.165) is 10.1 Å². The SMILES string of the molecule is COc1cnc(Cl)c(-c2cc3c(s2)c(=O)n(/C=C/N=Cc2cnn(C)c2)c(=O)n3CCC#N)c1. The van der Waals surface area contributed by atoms with Crippen LogP contribution in [-0.2, 0) is 13.6 Å². The highest BCUT2D eigenvalue weighted by Crippen LogP contribution is 2.36. The van der Waals surface area contributed by atoms with Crippen molar-refractivity contribution in [3.05, 3.63) is 68.5 Å². The van der Waals surface area contributed by atoms with Gasteiger partial charge in [-0.3, -0.25) is 19.0 Å². The van der Waals surface area contributed by atoms with Crippen molar-refractivity contribution in [3.8, 4) is 22.3 Å². The predicted molar refractivity (Wildman–Crippen MR) is 131 cm³/mol. The molecule has 0 saturated carbocycles. The minimum Gasteiger partial charge on any atom is -0.495 e. The molecule has 0 spiro atoms. The van der Waals surface area contributed by atoms with Gasteiger partial charge in [0.2, 0.25) is 0 Å². The number of pyridine rings is 1. The number of nitrogens with zero attached hydrogens (tertiary/aromatic N) is 7. The third kappa shape index (κ3) is 4.54. The van der Waals surface area contributed by atoms with E-state index in [4.69, 9.17) is 21.6 Å². The number of fused-ring (bicyclic) bond motifs is 1. The number of aryl methyl sites for hydroxylation is 2. The summed E-state index contributed by atoms with van der Waals surface area (Å²) in [6.45, 7) is 0.124. The monoisotopic (exact) mass is 495 g/mol. The first-order chi connectivity index (χ1) is 16.4. The minimum absolute atomic E-state index is 0.0999. The summed E-state index contributed by atoms with van der Waals surface area (Å²) in [5, 5.41) is 13.3. The van der Waals surface area contributed by atoms with Crippen molar-refractivity contribution in [1.82, 2.24) is 23.9 Å². The van der Waals surface area contributed by atoms with E-state index in [2.05, 4.69) is 15.1 Å². The van der Waals surface area contributed by atoms with Crippen molar-refractivity contribution in [3.63, 3.8) is 0 Å². The van der Waals surface area contributed by atoms with Crippen LogP contribution < -0.4 is 16.0 Å². The lowest BCUT2D eigenvalue weighted by Crippen LogP contribution is -2.36. The summed E-state index contributed by atoms with van der Waals surface area (Å²) in [5.74, 6) is 0.505. The van der Waals surface area contributed by atoms with Crippen LogP contribution in [0.2, 0.25) is 5.15 Å². The third-order valence-corrected chi connectivity index (χ3v) is 6.31. The van der Waals surface area contributed by atoms with Gasteiger partial charge in [-0.1, -0.05) is 11.6 Å². The van der Waals surface area contributed by atoms with Gasteiger partial charge < -0.3 is 4.74 Å². The molecule has 0 aliphatic heterocycles. The molecule has 0 aliphatic carbocycles. The Hall–Kier alpha value is -4.01. The Morgan fingerprint density at radius 2 is 2.15 bits per heavy atom. The maximum atomic E-state index is 13.2. The average molecular weight is 496 g/mol. The van der Waals surface area contributed by atoms with Crippen molar-refractivity contribution in [2.24, 2.45) is 12.0 Å². The number of thiophene rings is 1. The summed E-state index contributed by atoms with van der Waals surface area (Å²) in [6.07, 6.45) is 9.22. The van der Waals surface area contributed by atoms with Gasteiger partial charge in [-0.25, -0.2) is 14.3 Å². The van der Waals surface area contributed by atoms with Crippen LogP contribution >= 0.6 is 22.9 Å². The molecule has 4 aromatic heterocycles. The Labute approximate surface area is 202 Å². The molecule has 34 heavy (non-hydrogen) atoms. The Morgan fingerprint density at radius 3 is 2.85 bits per heavy atom. The number of hydrogen-bond donors (Lipinski definition) is 0. The Bertz CT molecular complexity index is 1590. The molecule has 0 atom stereocenters. The summed E-state index contributed by atoms with van der Waals surface area (Å²) in [5.41, 5.74) is 0.703. The first-order valence-corrected chi connectivity index (χ1v) is 11.2. The third-order valence-electron chi connectivity index (χ3n) is 4.87. The van der Waals surface area contributed by atoms with Gasteiger partial charge in [0.15, 0.2) is 0 Å². The van der Waals surface area contributed by atoms with E-state index in [1.165, 1.54) is 41.6 Å². The van der Waals surface area contributed by atoms with Gasteiger partial charge in [0, 0.05) is 54.4 Å². The Balaban J connectivity index is 1.83. The van der Waals surface area contributed by atoms with Crippen molar-refractivity contribution < 1.29 is 4.74 Å². The second-order valence-electron chi connectivity index (χ2n) is 7.08. The number of rotatable bonds is 7. The fraction of sp³-hybridized carbons (Fsp3) is 0.182. The van der Waals surface area contributed by atoms with E-state index >= 15 is 0 Å². The van der Waals surface area contributed by atoms with Crippen LogP contribution in [0, 0.1) is 11.3 Å². The standard InChI is InChI=1S/C22H18ClN7O3S/c1-28-13-14(11-27-28)10-25-5-7-30-21(31)19-17(29(22(30)32)6-3-4-24)9-18(34-19)16-8-15(33-2)12-26-20(16)23/h5,7-13H,3,6H2,1-2H3/b7-5+,25-10?. The zero-order valence-corrected chi connectivity index (χ0v) is 19.7. The Kier molecular flexibility index (Phi) is 6.72. The number of aromatic nitrogens is 5. The van der Waals surface area contributed by atoms with E-state index < -0.39 is 11.2 Å². The van der Waals surface area contributed by atoms with Crippen molar-refractivity contribution in [1.29, 1.82) is 5.26 Å². The first-order valence-electron chi connectivity index (χ1n) is 9.97. The molecule has 0 aromatic carbocycles. The van der Waals surface area contributed by atoms with Crippen molar-refractivity contribution in [2.45, 2.75) is 13.0 Å². The lowest BCUT2D eigenvalue weighted by molar-refractivity contribution is 0.413. The lowest BCUT2D eigenvalue weighted by Gasteiger charge is -2.07. The second kappa shape index (κ2) is 9.86. The highest BCUT2D eigenvalue weighted by atomic mass is 35.5. The van der Waals surface area contributed by atoms with Gasteiger partial charge in [0.05, 0.1) is 37.5 Å². The molecule has 0 bridgehead atoms. The summed E-state index contributed by atoms with van der Waals surface area (Å²) in [7, 11) is 3.30. The number of ether oxygens (including phenoxy) is 1. The molecular formula is C22H18ClN7O3S. The second-order valence-corrected chi connectivity index (χ2v) is 8.49. The zero-order chi connectivity index (χ0) is 24.2. The minimum atomic E-state index is -0.570. The van der Waals surface area contributed by atoms with E-state index in [9.17, 15) is 9.59 Å². The molecule has 0 saturated heterocycles. The predicted octanol–water partition coefficient (Wildman–Crippen LogP) is 3.14. The van der Waals surface area contributed by atoms with Gasteiger partial charge >= 0.3 is 5.69 Å². The molecule has 0 unspecified atom stereocenters. The first kappa shape index (κ1) is 23.2. The lowest BCUT2D eigenvalue weighted by atomic mass is 10.2. The van der Waals surface area contributed by atoms with Crippen LogP contribution in [0.3, 0.4) is 0 Å². The van der Waals surface area contributed by atoms with E-state index in [1.807, 2.05) is 6.07 Å². The van der Waals surface area contributed by atoms with Crippen LogP contribution in [0.15, 0.2) is 51.5 Å². The number of hydrogen-bond acceptors (Lipinski definition) is 8. The van der Waals surface area contributed by atoms with Crippen LogP contribution in [0.4, 0.5) is 0 Å². The molecule has 12 heteroatoms. The van der Waals surface area contributed by atoms with E-state index in [1.54, 1.807) is 42.5 Å². The molecule has 0 aliphatic rings. The normalized spacial score (nSPS) is 11.6. The summed E-state index contributed by atoms with van der Waals surface area (Å²) in [6, 6.07) is 5.45. The van der Waals surface area contributed by atoms with E-state index in [-0.39, 0.29) is 18.1 Å². The maximum Gasteiger partial charge on any atom is 0.335 e. The number of methoxy groups -OCH3 is 1. The summed E-state index contributed by atoms with van der Waals surface area (Å²) in [4.78, 5) is 35.2. The van der Waals surface area contributed by atoms with Gasteiger partial charge in [0.25, 0.3) is 5.56 Å². The highest BCUT2D eigenvalue weighted by molar-refractivity contribution is 7.22. The maximum absolute atomic E-state index is 13.2. The van der Waals surface area contributed by atoms with Crippen LogP contribution in [-0.4, -0.2) is 37.2 Å². The molecule has 0 fully saturated rings. The van der Waals surface area contributed by atoms with Crippen LogP contribution in [0.5, 0.6) is 5.75 Å². The molecule has 4 aromatic rings. The van der Waals surface area contributed by atoms with Gasteiger partial charge in [-0.05, 0) is 12.1 Å². The number of aliphatic imine (C=N–C) groups is 1.